The Morgan fingerprint density at radius 2 is 1.08 bits per heavy atom. The van der Waals surface area contributed by atoms with Crippen LogP contribution in [0.5, 0.6) is 17.2 Å². The maximum Gasteiger partial charge on any atom is 0.416 e. The van der Waals surface area contributed by atoms with Crippen LogP contribution in [0.4, 0.5) is 49.1 Å². The number of nitrogens with one attached hydrogen (secondary N) is 2. The average molecular weight is 1320 g/mol. The van der Waals surface area contributed by atoms with Crippen LogP contribution in [0.15, 0.2) is 109 Å². The van der Waals surface area contributed by atoms with Crippen molar-refractivity contribution in [3.05, 3.63) is 181 Å². The minimum absolute atomic E-state index is 0.0838. The molecule has 0 saturated carbocycles. The molecule has 0 radical (unpaired) electrons. The van der Waals surface area contributed by atoms with Gasteiger partial charge in [-0.15, -0.1) is 20.4 Å². The predicted molar refractivity (Wildman–Crippen MR) is 310 cm³/mol. The van der Waals surface area contributed by atoms with Crippen LogP contribution >= 0.6 is 23.2 Å². The molecule has 484 valence electrons. The first-order valence-corrected chi connectivity index (χ1v) is 29.5. The van der Waals surface area contributed by atoms with Gasteiger partial charge in [-0.2, -0.15) is 39.5 Å². The lowest BCUT2D eigenvalue weighted by atomic mass is 9.98. The van der Waals surface area contributed by atoms with Crippen LogP contribution in [-0.4, -0.2) is 108 Å². The fraction of sp³-hybridized carbons (Fsp3) is 0.393. The Balaban J connectivity index is 0.000000164. The third kappa shape index (κ3) is 15.7. The van der Waals surface area contributed by atoms with Crippen LogP contribution in [0.3, 0.4) is 0 Å². The third-order valence-electron chi connectivity index (χ3n) is 15.9. The SMILES string of the molecule is CC(=O)O[C@@H]1C[C@H](c2nnc(C)n2Cc2ccc(Cl)cc2)N(C(=O)NC2CCOc3cc(C(F)(F)F)ccc32)C1.N[C@H]1CCOc2cc(C(F)(F)F)ccc21.O=C(NC1CCOc2cc(C(F)(F)F)ccc21)N1C[C@H](O)C[C@@H]1c1nncn1Cc1ccc(Cl)cc1. The largest absolute Gasteiger partial charge is 0.493 e. The highest BCUT2D eigenvalue weighted by molar-refractivity contribution is 6.30. The van der Waals surface area contributed by atoms with Gasteiger partial charge in [0.2, 0.25) is 0 Å². The number of carbonyl (C=O) groups excluding carboxylic acids is 3. The van der Waals surface area contributed by atoms with Crippen LogP contribution in [0.2, 0.25) is 10.0 Å². The van der Waals surface area contributed by atoms with Crippen LogP contribution < -0.4 is 30.6 Å². The summed E-state index contributed by atoms with van der Waals surface area (Å²) in [4.78, 5) is 41.7. The van der Waals surface area contributed by atoms with Crippen molar-refractivity contribution in [1.29, 1.82) is 0 Å². The van der Waals surface area contributed by atoms with E-state index in [1.54, 1.807) is 30.6 Å². The van der Waals surface area contributed by atoms with E-state index in [2.05, 4.69) is 31.0 Å². The first-order chi connectivity index (χ1) is 43.2. The molecule has 2 saturated heterocycles. The number of carbonyl (C=O) groups is 3. The fourth-order valence-corrected chi connectivity index (χ4v) is 11.7. The van der Waals surface area contributed by atoms with E-state index in [-0.39, 0.29) is 56.0 Å². The van der Waals surface area contributed by atoms with Gasteiger partial charge in [0.15, 0.2) is 11.6 Å². The summed E-state index contributed by atoms with van der Waals surface area (Å²) in [7, 11) is 0. The lowest BCUT2D eigenvalue weighted by Gasteiger charge is -2.31. The average Bonchev–Trinajstić information content (AvgIpc) is 1.86. The summed E-state index contributed by atoms with van der Waals surface area (Å²) >= 11 is 12.0. The monoisotopic (exact) mass is 1320 g/mol. The van der Waals surface area contributed by atoms with Gasteiger partial charge in [-0.1, -0.05) is 65.7 Å². The number of rotatable bonds is 9. The molecule has 0 spiro atoms. The van der Waals surface area contributed by atoms with Crippen LogP contribution in [-0.2, 0) is 41.1 Å². The Kier molecular flexibility index (Phi) is 19.6. The fourth-order valence-electron chi connectivity index (χ4n) is 11.4. The molecule has 0 aliphatic carbocycles. The van der Waals surface area contributed by atoms with E-state index < -0.39 is 89.6 Å². The predicted octanol–water partition coefficient (Wildman–Crippen LogP) is 12.0. The lowest BCUT2D eigenvalue weighted by molar-refractivity contribution is -0.145. The quantitative estimate of drug-likeness (QED) is 0.0780. The number of benzene rings is 5. The molecule has 5 N–H and O–H groups in total. The van der Waals surface area contributed by atoms with Crippen molar-refractivity contribution in [1.82, 2.24) is 50.0 Å². The summed E-state index contributed by atoms with van der Waals surface area (Å²) in [6, 6.07) is 21.3. The smallest absolute Gasteiger partial charge is 0.416 e. The molecule has 7 atom stereocenters. The number of amides is 4. The van der Waals surface area contributed by atoms with Crippen molar-refractivity contribution in [3.8, 4) is 17.2 Å². The number of halogens is 11. The van der Waals surface area contributed by atoms with Crippen molar-refractivity contribution >= 4 is 41.2 Å². The number of aliphatic hydroxyl groups is 1. The second kappa shape index (κ2) is 27.2. The second-order valence-electron chi connectivity index (χ2n) is 22.2. The first kappa shape index (κ1) is 65.6. The van der Waals surface area contributed by atoms with Gasteiger partial charge < -0.3 is 59.4 Å². The van der Waals surface area contributed by atoms with Crippen molar-refractivity contribution in [3.63, 3.8) is 0 Å². The molecule has 4 amide bonds. The van der Waals surface area contributed by atoms with Gasteiger partial charge >= 0.3 is 36.6 Å². The van der Waals surface area contributed by atoms with Crippen LogP contribution in [0, 0.1) is 6.92 Å². The number of ether oxygens (including phenoxy) is 4. The Bertz CT molecular complexity index is 3740. The molecule has 7 heterocycles. The zero-order chi connectivity index (χ0) is 65.1. The molecule has 5 aliphatic rings. The molecule has 5 aromatic carbocycles. The summed E-state index contributed by atoms with van der Waals surface area (Å²) in [5, 5.41) is 34.3. The number of alkyl halides is 9. The Labute approximate surface area is 524 Å². The lowest BCUT2D eigenvalue weighted by Crippen LogP contribution is -2.43. The number of fused-ring (bicyclic) bond motifs is 3. The van der Waals surface area contributed by atoms with Crippen molar-refractivity contribution in [2.75, 3.05) is 32.9 Å². The van der Waals surface area contributed by atoms with Gasteiger partial charge in [0.05, 0.1) is 86.4 Å². The number of hydrogen-bond donors (Lipinski definition) is 4. The Morgan fingerprint density at radius 1 is 0.615 bits per heavy atom. The highest BCUT2D eigenvalue weighted by atomic mass is 35.5. The number of aliphatic hydroxyl groups excluding tert-OH is 1. The van der Waals surface area contributed by atoms with E-state index in [4.69, 9.17) is 47.9 Å². The molecule has 2 fully saturated rings. The molecule has 19 nitrogen and oxygen atoms in total. The Hall–Kier alpha value is -8.34. The highest BCUT2D eigenvalue weighted by Crippen LogP contribution is 2.43. The van der Waals surface area contributed by atoms with Crippen LogP contribution in [0.1, 0.15) is 131 Å². The minimum Gasteiger partial charge on any atom is -0.493 e. The molecular formula is C61H60Cl2F9N11O8. The zero-order valence-electron chi connectivity index (χ0n) is 48.5. The number of aryl methyl sites for hydroxylation is 1. The molecule has 30 heteroatoms. The summed E-state index contributed by atoms with van der Waals surface area (Å²) in [5.74, 6) is 1.66. The summed E-state index contributed by atoms with van der Waals surface area (Å²) < 4.78 is 141. The number of hydrogen-bond acceptors (Lipinski definition) is 13. The maximum absolute atomic E-state index is 13.7. The van der Waals surface area contributed by atoms with Gasteiger partial charge in [0.1, 0.15) is 35.5 Å². The molecule has 7 aromatic rings. The molecule has 5 aliphatic heterocycles. The van der Waals surface area contributed by atoms with E-state index in [1.807, 2.05) is 40.3 Å². The van der Waals surface area contributed by atoms with E-state index in [9.17, 15) is 59.0 Å². The van der Waals surface area contributed by atoms with Gasteiger partial charge in [0, 0.05) is 78.4 Å². The number of likely N-dealkylation sites (tertiary alicyclic amines) is 2. The standard InChI is InChI=1S/C27H27ClF3N5O4.C24H23ClF3N5O3.C10H10F3NO/c1-15-33-34-25(35(15)13-17-3-6-19(28)7-4-17)23-12-20(40-16(2)37)14-36(23)26(38)32-22-9-10-39-24-11-18(27(29,30)31)5-8-21(22)24;25-16-4-1-14(2-5-16)11-32-13-29-31-22(32)20-10-17(34)12-33(20)23(35)30-19-7-8-36-21-9-15(24(26,27)28)3-6-18(19)21;11-10(12,13)6-1-2-7-8(14)3-4-15-9(7)5-6/h3-8,11,20,22-23H,9-10,12-14H2,1-2H3,(H,32,38);1-6,9,13,17,19-20,34H,7-8,10-12H2,(H,30,35);1-2,5,8H,3-4,14H2/t20-,22?,23-;17-,19?,20-;8-/m110/s1. The molecule has 2 unspecified atom stereocenters. The van der Waals surface area contributed by atoms with Crippen molar-refractivity contribution in [2.24, 2.45) is 5.73 Å². The van der Waals surface area contributed by atoms with Gasteiger partial charge in [-0.3, -0.25) is 4.79 Å². The molecule has 2 aromatic heterocycles. The highest BCUT2D eigenvalue weighted by Gasteiger charge is 2.44. The maximum atomic E-state index is 13.7. The Morgan fingerprint density at radius 3 is 1.58 bits per heavy atom. The van der Waals surface area contributed by atoms with Crippen molar-refractivity contribution < 1.29 is 78.0 Å². The van der Waals surface area contributed by atoms with E-state index in [0.717, 1.165) is 47.5 Å². The zero-order valence-corrected chi connectivity index (χ0v) is 50.0. The summed E-state index contributed by atoms with van der Waals surface area (Å²) in [5.41, 5.74) is 6.92. The number of nitrogens with two attached hydrogens (primary N) is 1. The topological polar surface area (TPSA) is 226 Å². The van der Waals surface area contributed by atoms with Crippen molar-refractivity contribution in [2.45, 2.75) is 120 Å². The number of urea groups is 2. The number of β-amino-alcohol motifs (C(OH)–C–C–N with tert-alkyl or cyclic N) is 1. The van der Waals surface area contributed by atoms with Crippen LogP contribution in [0.25, 0.3) is 0 Å². The van der Waals surface area contributed by atoms with Gasteiger partial charge in [0.25, 0.3) is 0 Å². The third-order valence-corrected chi connectivity index (χ3v) is 16.4. The number of aromatic nitrogens is 6. The number of esters is 1. The second-order valence-corrected chi connectivity index (χ2v) is 23.1. The van der Waals surface area contributed by atoms with E-state index in [1.165, 1.54) is 34.9 Å². The summed E-state index contributed by atoms with van der Waals surface area (Å²) in [6.07, 6.45) is -11.1. The summed E-state index contributed by atoms with van der Waals surface area (Å²) in [6.45, 7) is 4.90. The van der Waals surface area contributed by atoms with Gasteiger partial charge in [-0.05, 0) is 78.7 Å². The number of nitrogens with zero attached hydrogens (tertiary/aromatic N) is 8. The van der Waals surface area contributed by atoms with E-state index >= 15 is 0 Å². The molecule has 0 bridgehead atoms. The van der Waals surface area contributed by atoms with Gasteiger partial charge in [-0.25, -0.2) is 9.59 Å². The molecule has 91 heavy (non-hydrogen) atoms. The molecular weight excluding hydrogens is 1260 g/mol. The first-order valence-electron chi connectivity index (χ1n) is 28.7. The molecule has 12 rings (SSSR count). The normalized spacial score (nSPS) is 21.0. The minimum atomic E-state index is -4.51. The van der Waals surface area contributed by atoms with E-state index in [0.29, 0.717) is 89.6 Å².